The zero-order chi connectivity index (χ0) is 25.5. The van der Waals surface area contributed by atoms with Crippen LogP contribution in [0, 0.1) is 17.4 Å². The second-order valence-corrected chi connectivity index (χ2v) is 8.97. The molecule has 3 aromatic rings. The third-order valence-corrected chi connectivity index (χ3v) is 5.58. The molecular formula is C26H22INO7. The number of carbonyl (C=O) groups excluding carboxylic acids is 3. The molecule has 0 aliphatic carbocycles. The van der Waals surface area contributed by atoms with Crippen LogP contribution < -0.4 is 5.32 Å². The van der Waals surface area contributed by atoms with Crippen LogP contribution in [0.2, 0.25) is 0 Å². The fourth-order valence-corrected chi connectivity index (χ4v) is 3.51. The van der Waals surface area contributed by atoms with Gasteiger partial charge in [0, 0.05) is 9.26 Å². The molecule has 2 atom stereocenters. The van der Waals surface area contributed by atoms with E-state index in [9.17, 15) is 24.3 Å². The Balaban J connectivity index is 1.91. The highest BCUT2D eigenvalue weighted by Gasteiger charge is 2.41. The van der Waals surface area contributed by atoms with Crippen molar-refractivity contribution in [1.82, 2.24) is 0 Å². The van der Waals surface area contributed by atoms with Gasteiger partial charge in [0.1, 0.15) is 0 Å². The molecule has 0 fully saturated rings. The molecule has 9 heteroatoms. The van der Waals surface area contributed by atoms with Gasteiger partial charge in [0.05, 0.1) is 11.1 Å². The van der Waals surface area contributed by atoms with Crippen molar-refractivity contribution in [1.29, 1.82) is 0 Å². The van der Waals surface area contributed by atoms with E-state index >= 15 is 0 Å². The number of anilines is 1. The number of esters is 2. The maximum Gasteiger partial charge on any atom is 0.349 e. The zero-order valence-electron chi connectivity index (χ0n) is 18.9. The molecule has 0 aromatic heterocycles. The number of ether oxygens (including phenoxy) is 2. The molecule has 35 heavy (non-hydrogen) atoms. The van der Waals surface area contributed by atoms with Crippen LogP contribution in [0.3, 0.4) is 0 Å². The monoisotopic (exact) mass is 587 g/mol. The third kappa shape index (κ3) is 7.12. The summed E-state index contributed by atoms with van der Waals surface area (Å²) in [4.78, 5) is 50.7. The van der Waals surface area contributed by atoms with Crippen molar-refractivity contribution in [2.24, 2.45) is 0 Å². The number of hydrogen-bond donors (Lipinski definition) is 2. The number of aryl methyl sites for hydroxylation is 2. The average Bonchev–Trinajstić information content (AvgIpc) is 2.82. The number of rotatable bonds is 8. The Morgan fingerprint density at radius 1 is 0.771 bits per heavy atom. The lowest BCUT2D eigenvalue weighted by Crippen LogP contribution is -2.48. The van der Waals surface area contributed by atoms with Crippen LogP contribution in [0.1, 0.15) is 31.8 Å². The Bertz CT molecular complexity index is 1260. The first kappa shape index (κ1) is 25.9. The van der Waals surface area contributed by atoms with Crippen LogP contribution in [0.25, 0.3) is 0 Å². The molecule has 0 saturated carbocycles. The van der Waals surface area contributed by atoms with E-state index in [1.165, 1.54) is 24.3 Å². The Kier molecular flexibility index (Phi) is 8.58. The minimum atomic E-state index is -2.10. The van der Waals surface area contributed by atoms with Gasteiger partial charge >= 0.3 is 17.9 Å². The minimum Gasteiger partial charge on any atom is -0.478 e. The van der Waals surface area contributed by atoms with Gasteiger partial charge in [-0.15, -0.1) is 0 Å². The fraction of sp³-hybridized carbons (Fsp3) is 0.154. The van der Waals surface area contributed by atoms with Crippen molar-refractivity contribution in [3.8, 4) is 0 Å². The number of aliphatic carboxylic acids is 1. The summed E-state index contributed by atoms with van der Waals surface area (Å²) < 4.78 is 11.4. The fourth-order valence-electron chi connectivity index (χ4n) is 3.15. The Morgan fingerprint density at radius 3 is 1.71 bits per heavy atom. The van der Waals surface area contributed by atoms with E-state index < -0.39 is 36.0 Å². The molecule has 3 rings (SSSR count). The molecule has 0 heterocycles. The van der Waals surface area contributed by atoms with Gasteiger partial charge in [0.2, 0.25) is 12.2 Å². The number of hydrogen-bond acceptors (Lipinski definition) is 6. The molecule has 0 aliphatic heterocycles. The lowest BCUT2D eigenvalue weighted by Gasteiger charge is -2.23. The predicted molar refractivity (Wildman–Crippen MR) is 136 cm³/mol. The number of benzene rings is 3. The van der Waals surface area contributed by atoms with Gasteiger partial charge in [0.25, 0.3) is 5.91 Å². The van der Waals surface area contributed by atoms with E-state index in [1.807, 2.05) is 0 Å². The molecular weight excluding hydrogens is 565 g/mol. The lowest BCUT2D eigenvalue weighted by molar-refractivity contribution is -0.157. The van der Waals surface area contributed by atoms with E-state index in [-0.39, 0.29) is 11.1 Å². The molecule has 3 aromatic carbocycles. The minimum absolute atomic E-state index is 0.0954. The summed E-state index contributed by atoms with van der Waals surface area (Å²) in [5.41, 5.74) is 2.08. The SMILES string of the molecule is Cc1cccc(C(=O)O[C@@H](C(=O)O)[C@@H](OC(=O)c2cccc(C)c2)C(=O)Nc2ccc(I)cc2)c1. The highest BCUT2D eigenvalue weighted by Crippen LogP contribution is 2.18. The summed E-state index contributed by atoms with van der Waals surface area (Å²) in [6.45, 7) is 3.52. The van der Waals surface area contributed by atoms with Crippen LogP contribution >= 0.6 is 22.6 Å². The van der Waals surface area contributed by atoms with E-state index in [4.69, 9.17) is 9.47 Å². The maximum atomic E-state index is 13.1. The summed E-state index contributed by atoms with van der Waals surface area (Å²) in [5.74, 6) is -4.52. The second kappa shape index (κ2) is 11.6. The van der Waals surface area contributed by atoms with E-state index in [0.717, 1.165) is 14.7 Å². The first-order valence-corrected chi connectivity index (χ1v) is 11.6. The van der Waals surface area contributed by atoms with Crippen molar-refractivity contribution in [3.63, 3.8) is 0 Å². The van der Waals surface area contributed by atoms with Crippen LogP contribution in [-0.4, -0.2) is 41.1 Å². The Labute approximate surface area is 215 Å². The van der Waals surface area contributed by atoms with E-state index in [2.05, 4.69) is 27.9 Å². The van der Waals surface area contributed by atoms with Crippen molar-refractivity contribution in [3.05, 3.63) is 98.6 Å². The van der Waals surface area contributed by atoms with Gasteiger partial charge in [0.15, 0.2) is 0 Å². The third-order valence-electron chi connectivity index (χ3n) is 4.86. The van der Waals surface area contributed by atoms with Crippen molar-refractivity contribution < 1.29 is 33.8 Å². The first-order valence-electron chi connectivity index (χ1n) is 10.5. The maximum absolute atomic E-state index is 13.1. The van der Waals surface area contributed by atoms with Crippen LogP contribution in [0.15, 0.2) is 72.8 Å². The quantitative estimate of drug-likeness (QED) is 0.297. The predicted octanol–water partition coefficient (Wildman–Crippen LogP) is 4.38. The zero-order valence-corrected chi connectivity index (χ0v) is 21.0. The Hall–Kier alpha value is -3.73. The van der Waals surface area contributed by atoms with Crippen LogP contribution in [-0.2, 0) is 19.1 Å². The summed E-state index contributed by atoms with van der Waals surface area (Å²) in [6, 6.07) is 19.4. The molecule has 0 spiro atoms. The standard InChI is InChI=1S/C26H22INO7/c1-15-5-3-7-17(13-15)25(32)34-21(23(29)28-20-11-9-19(27)10-12-20)22(24(30)31)35-26(33)18-8-4-6-16(2)14-18/h3-14,21-22H,1-2H3,(H,28,29)(H,30,31)/t21-,22-/m1/s1. The summed E-state index contributed by atoms with van der Waals surface area (Å²) in [6.07, 6.45) is -4.06. The first-order chi connectivity index (χ1) is 16.6. The second-order valence-electron chi connectivity index (χ2n) is 7.73. The summed E-state index contributed by atoms with van der Waals surface area (Å²) in [5, 5.41) is 12.3. The van der Waals surface area contributed by atoms with Crippen LogP contribution in [0.5, 0.6) is 0 Å². The molecule has 0 aliphatic rings. The Morgan fingerprint density at radius 2 is 1.26 bits per heavy atom. The molecule has 2 N–H and O–H groups in total. The molecule has 1 amide bonds. The largest absolute Gasteiger partial charge is 0.478 e. The smallest absolute Gasteiger partial charge is 0.349 e. The lowest BCUT2D eigenvalue weighted by atomic mass is 10.1. The number of halogens is 1. The number of carboxylic acids is 1. The average molecular weight is 587 g/mol. The van der Waals surface area contributed by atoms with Crippen molar-refractivity contribution in [2.75, 3.05) is 5.32 Å². The summed E-state index contributed by atoms with van der Waals surface area (Å²) in [7, 11) is 0. The van der Waals surface area contributed by atoms with Crippen LogP contribution in [0.4, 0.5) is 5.69 Å². The molecule has 8 nitrogen and oxygen atoms in total. The van der Waals surface area contributed by atoms with Gasteiger partial charge in [-0.2, -0.15) is 0 Å². The van der Waals surface area contributed by atoms with Gasteiger partial charge < -0.3 is 19.9 Å². The number of nitrogens with one attached hydrogen (secondary N) is 1. The highest BCUT2D eigenvalue weighted by molar-refractivity contribution is 14.1. The molecule has 0 bridgehead atoms. The van der Waals surface area contributed by atoms with E-state index in [0.29, 0.717) is 5.69 Å². The number of carbonyl (C=O) groups is 4. The van der Waals surface area contributed by atoms with Gasteiger partial charge in [-0.1, -0.05) is 35.4 Å². The van der Waals surface area contributed by atoms with Gasteiger partial charge in [-0.25, -0.2) is 14.4 Å². The molecule has 0 unspecified atom stereocenters. The normalized spacial score (nSPS) is 12.2. The number of amides is 1. The topological polar surface area (TPSA) is 119 Å². The molecule has 0 radical (unpaired) electrons. The van der Waals surface area contributed by atoms with E-state index in [1.54, 1.807) is 62.4 Å². The highest BCUT2D eigenvalue weighted by atomic mass is 127. The van der Waals surface area contributed by atoms with Crippen molar-refractivity contribution >= 4 is 52.1 Å². The van der Waals surface area contributed by atoms with Gasteiger partial charge in [-0.05, 0) is 85.0 Å². The number of carboxylic acid groups (broad SMARTS) is 1. The van der Waals surface area contributed by atoms with Gasteiger partial charge in [-0.3, -0.25) is 4.79 Å². The molecule has 0 saturated heterocycles. The van der Waals surface area contributed by atoms with Crippen molar-refractivity contribution in [2.45, 2.75) is 26.1 Å². The molecule has 180 valence electrons. The summed E-state index contributed by atoms with van der Waals surface area (Å²) >= 11 is 2.09.